The SMILES string of the molecule is Cc1c(C(=O)O)n(CC(=O)O)c2ccc(C(C)C)cc12. The number of hydrogen-bond donors (Lipinski definition) is 2. The molecule has 0 aliphatic rings. The number of carboxylic acid groups (broad SMARTS) is 2. The molecule has 106 valence electrons. The number of rotatable bonds is 4. The Morgan fingerprint density at radius 3 is 2.40 bits per heavy atom. The maximum atomic E-state index is 11.4. The van der Waals surface area contributed by atoms with Crippen LogP contribution in [0.25, 0.3) is 10.9 Å². The van der Waals surface area contributed by atoms with E-state index in [0.29, 0.717) is 17.0 Å². The molecule has 0 fully saturated rings. The Kier molecular flexibility index (Phi) is 3.53. The zero-order chi connectivity index (χ0) is 15.0. The lowest BCUT2D eigenvalue weighted by atomic mass is 10.0. The van der Waals surface area contributed by atoms with Crippen LogP contribution < -0.4 is 0 Å². The fourth-order valence-corrected chi connectivity index (χ4v) is 2.47. The number of carbonyl (C=O) groups is 2. The Labute approximate surface area is 116 Å². The maximum Gasteiger partial charge on any atom is 0.352 e. The van der Waals surface area contributed by atoms with E-state index in [9.17, 15) is 14.7 Å². The quantitative estimate of drug-likeness (QED) is 0.899. The van der Waals surface area contributed by atoms with Gasteiger partial charge in [0.25, 0.3) is 0 Å². The summed E-state index contributed by atoms with van der Waals surface area (Å²) in [6, 6.07) is 5.66. The molecular formula is C15H17NO4. The van der Waals surface area contributed by atoms with Crippen molar-refractivity contribution in [3.05, 3.63) is 35.0 Å². The second kappa shape index (κ2) is 5.00. The Balaban J connectivity index is 2.78. The van der Waals surface area contributed by atoms with Crippen LogP contribution in [0.3, 0.4) is 0 Å². The van der Waals surface area contributed by atoms with Gasteiger partial charge < -0.3 is 14.8 Å². The molecule has 0 aliphatic carbocycles. The lowest BCUT2D eigenvalue weighted by molar-refractivity contribution is -0.137. The molecule has 0 radical (unpaired) electrons. The molecule has 1 heterocycles. The van der Waals surface area contributed by atoms with E-state index in [2.05, 4.69) is 13.8 Å². The van der Waals surface area contributed by atoms with E-state index in [1.807, 2.05) is 12.1 Å². The monoisotopic (exact) mass is 275 g/mol. The average Bonchev–Trinajstić information content (AvgIpc) is 2.61. The fourth-order valence-electron chi connectivity index (χ4n) is 2.47. The maximum absolute atomic E-state index is 11.4. The summed E-state index contributed by atoms with van der Waals surface area (Å²) < 4.78 is 1.35. The van der Waals surface area contributed by atoms with Gasteiger partial charge in [-0.2, -0.15) is 0 Å². The molecule has 0 atom stereocenters. The van der Waals surface area contributed by atoms with Crippen molar-refractivity contribution in [3.63, 3.8) is 0 Å². The highest BCUT2D eigenvalue weighted by Gasteiger charge is 2.21. The van der Waals surface area contributed by atoms with Gasteiger partial charge in [-0.1, -0.05) is 19.9 Å². The molecule has 20 heavy (non-hydrogen) atoms. The summed E-state index contributed by atoms with van der Waals surface area (Å²) in [5.74, 6) is -1.83. The van der Waals surface area contributed by atoms with Crippen LogP contribution >= 0.6 is 0 Å². The van der Waals surface area contributed by atoms with E-state index in [0.717, 1.165) is 10.9 Å². The van der Waals surface area contributed by atoms with Crippen molar-refractivity contribution >= 4 is 22.8 Å². The predicted molar refractivity (Wildman–Crippen MR) is 75.4 cm³/mol. The fraction of sp³-hybridized carbons (Fsp3) is 0.333. The lowest BCUT2D eigenvalue weighted by Crippen LogP contribution is -2.15. The number of aromatic nitrogens is 1. The minimum Gasteiger partial charge on any atom is -0.480 e. The predicted octanol–water partition coefficient (Wildman–Crippen LogP) is 2.86. The first-order chi connectivity index (χ1) is 9.32. The molecule has 2 N–H and O–H groups in total. The summed E-state index contributed by atoms with van der Waals surface area (Å²) >= 11 is 0. The molecule has 0 amide bonds. The molecule has 0 unspecified atom stereocenters. The van der Waals surface area contributed by atoms with E-state index in [1.165, 1.54) is 4.57 Å². The summed E-state index contributed by atoms with van der Waals surface area (Å²) in [6.45, 7) is 5.48. The highest BCUT2D eigenvalue weighted by Crippen LogP contribution is 2.29. The molecule has 1 aromatic carbocycles. The zero-order valence-electron chi connectivity index (χ0n) is 11.7. The van der Waals surface area contributed by atoms with E-state index < -0.39 is 11.9 Å². The second-order valence-electron chi connectivity index (χ2n) is 5.19. The summed E-state index contributed by atoms with van der Waals surface area (Å²) in [5.41, 5.74) is 2.40. The highest BCUT2D eigenvalue weighted by molar-refractivity contribution is 5.99. The largest absolute Gasteiger partial charge is 0.480 e. The number of aromatic carboxylic acids is 1. The van der Waals surface area contributed by atoms with Crippen LogP contribution in [0, 0.1) is 6.92 Å². The third-order valence-electron chi connectivity index (χ3n) is 3.50. The van der Waals surface area contributed by atoms with Crippen LogP contribution in [0.4, 0.5) is 0 Å². The number of benzene rings is 1. The molecule has 0 saturated heterocycles. The first-order valence-corrected chi connectivity index (χ1v) is 6.40. The Morgan fingerprint density at radius 1 is 1.25 bits per heavy atom. The molecule has 1 aromatic heterocycles. The average molecular weight is 275 g/mol. The highest BCUT2D eigenvalue weighted by atomic mass is 16.4. The van der Waals surface area contributed by atoms with Crippen molar-refractivity contribution in [3.8, 4) is 0 Å². The topological polar surface area (TPSA) is 79.5 Å². The number of aliphatic carboxylic acids is 1. The van der Waals surface area contributed by atoms with Gasteiger partial charge in [0.15, 0.2) is 0 Å². The van der Waals surface area contributed by atoms with Crippen molar-refractivity contribution in [1.29, 1.82) is 0 Å². The van der Waals surface area contributed by atoms with Crippen LogP contribution in [0.2, 0.25) is 0 Å². The minimum atomic E-state index is -1.11. The first-order valence-electron chi connectivity index (χ1n) is 6.40. The number of aryl methyl sites for hydroxylation is 1. The van der Waals surface area contributed by atoms with E-state index in [-0.39, 0.29) is 12.2 Å². The number of carboxylic acids is 2. The van der Waals surface area contributed by atoms with Crippen molar-refractivity contribution in [2.24, 2.45) is 0 Å². The van der Waals surface area contributed by atoms with Gasteiger partial charge in [-0.15, -0.1) is 0 Å². The van der Waals surface area contributed by atoms with Crippen LogP contribution in [0.1, 0.15) is 41.4 Å². The van der Waals surface area contributed by atoms with Gasteiger partial charge in [-0.25, -0.2) is 4.79 Å². The van der Waals surface area contributed by atoms with E-state index in [1.54, 1.807) is 13.0 Å². The summed E-state index contributed by atoms with van der Waals surface area (Å²) in [4.78, 5) is 22.4. The molecular weight excluding hydrogens is 258 g/mol. The lowest BCUT2D eigenvalue weighted by Gasteiger charge is -2.07. The van der Waals surface area contributed by atoms with Crippen LogP contribution in [-0.4, -0.2) is 26.7 Å². The van der Waals surface area contributed by atoms with Crippen LogP contribution in [0.15, 0.2) is 18.2 Å². The third kappa shape index (κ3) is 2.27. The van der Waals surface area contributed by atoms with Gasteiger partial charge in [0.2, 0.25) is 0 Å². The smallest absolute Gasteiger partial charge is 0.352 e. The zero-order valence-corrected chi connectivity index (χ0v) is 11.7. The van der Waals surface area contributed by atoms with E-state index in [4.69, 9.17) is 5.11 Å². The number of hydrogen-bond acceptors (Lipinski definition) is 2. The molecule has 5 nitrogen and oxygen atoms in total. The molecule has 2 rings (SSSR count). The number of fused-ring (bicyclic) bond motifs is 1. The van der Waals surface area contributed by atoms with Gasteiger partial charge in [0.1, 0.15) is 12.2 Å². The van der Waals surface area contributed by atoms with Crippen molar-refractivity contribution in [2.45, 2.75) is 33.2 Å². The standard InChI is InChI=1S/C15H17NO4/c1-8(2)10-4-5-12-11(6-10)9(3)14(15(19)20)16(12)7-13(17)18/h4-6,8H,7H2,1-3H3,(H,17,18)(H,19,20). The molecule has 5 heteroatoms. The molecule has 0 bridgehead atoms. The Hall–Kier alpha value is -2.30. The minimum absolute atomic E-state index is 0.0447. The molecule has 0 aliphatic heterocycles. The van der Waals surface area contributed by atoms with Crippen molar-refractivity contribution < 1.29 is 19.8 Å². The van der Waals surface area contributed by atoms with Gasteiger partial charge in [-0.3, -0.25) is 4.79 Å². The normalized spacial score (nSPS) is 11.2. The van der Waals surface area contributed by atoms with Crippen LogP contribution in [-0.2, 0) is 11.3 Å². The van der Waals surface area contributed by atoms with Gasteiger partial charge >= 0.3 is 11.9 Å². The molecule has 2 aromatic rings. The summed E-state index contributed by atoms with van der Waals surface area (Å²) in [7, 11) is 0. The van der Waals surface area contributed by atoms with Crippen molar-refractivity contribution in [2.75, 3.05) is 0 Å². The van der Waals surface area contributed by atoms with E-state index >= 15 is 0 Å². The second-order valence-corrected chi connectivity index (χ2v) is 5.19. The van der Waals surface area contributed by atoms with Gasteiger partial charge in [-0.05, 0) is 36.1 Å². The summed E-state index contributed by atoms with van der Waals surface area (Å²) in [6.07, 6.45) is 0. The Morgan fingerprint density at radius 2 is 1.90 bits per heavy atom. The van der Waals surface area contributed by atoms with Gasteiger partial charge in [0.05, 0.1) is 0 Å². The summed E-state index contributed by atoms with van der Waals surface area (Å²) in [5, 5.41) is 19.1. The van der Waals surface area contributed by atoms with Crippen molar-refractivity contribution in [1.82, 2.24) is 4.57 Å². The first kappa shape index (κ1) is 14.1. The molecule has 0 spiro atoms. The van der Waals surface area contributed by atoms with Gasteiger partial charge in [0, 0.05) is 10.9 Å². The Bertz CT molecular complexity index is 697. The third-order valence-corrected chi connectivity index (χ3v) is 3.50. The van der Waals surface area contributed by atoms with Crippen LogP contribution in [0.5, 0.6) is 0 Å². The number of nitrogens with zero attached hydrogens (tertiary/aromatic N) is 1. The molecule has 0 saturated carbocycles.